The average Bonchev–Trinajstić information content (AvgIpc) is 2.20. The smallest absolute Gasteiger partial charge is 0.267 e. The monoisotopic (exact) mass is 197 g/mol. The maximum absolute atomic E-state index is 11.2. The summed E-state index contributed by atoms with van der Waals surface area (Å²) in [7, 11) is 0. The van der Waals surface area contributed by atoms with Crippen molar-refractivity contribution in [2.24, 2.45) is 5.84 Å². The molecule has 0 fully saturated rings. The first-order valence-electron chi connectivity index (χ1n) is 3.91. The number of aliphatic hydroxyl groups is 1. The molecule has 1 amide bonds. The van der Waals surface area contributed by atoms with Crippen LogP contribution in [0.2, 0.25) is 0 Å². The van der Waals surface area contributed by atoms with Crippen molar-refractivity contribution in [3.63, 3.8) is 0 Å². The number of aromatic hydroxyl groups is 1. The number of aliphatic hydroxyl groups excluding tert-OH is 1. The highest BCUT2D eigenvalue weighted by Crippen LogP contribution is 2.23. The highest BCUT2D eigenvalue weighted by Gasteiger charge is 2.15. The first-order valence-corrected chi connectivity index (χ1v) is 3.91. The van der Waals surface area contributed by atoms with E-state index in [1.165, 1.54) is 6.20 Å². The number of aromatic nitrogens is 1. The lowest BCUT2D eigenvalue weighted by Gasteiger charge is -2.08. The molecule has 1 heterocycles. The zero-order chi connectivity index (χ0) is 10.7. The summed E-state index contributed by atoms with van der Waals surface area (Å²) in [4.78, 5) is 14.9. The van der Waals surface area contributed by atoms with Gasteiger partial charge in [-0.15, -0.1) is 0 Å². The van der Waals surface area contributed by atoms with E-state index in [4.69, 9.17) is 10.9 Å². The van der Waals surface area contributed by atoms with Crippen molar-refractivity contribution < 1.29 is 15.0 Å². The fourth-order valence-corrected chi connectivity index (χ4v) is 1.08. The second kappa shape index (κ2) is 4.03. The van der Waals surface area contributed by atoms with Crippen LogP contribution in [0.5, 0.6) is 5.75 Å². The van der Waals surface area contributed by atoms with Gasteiger partial charge in [-0.3, -0.25) is 15.2 Å². The molecule has 0 bridgehead atoms. The van der Waals surface area contributed by atoms with Crippen LogP contribution in [0.25, 0.3) is 0 Å². The Morgan fingerprint density at radius 3 is 2.86 bits per heavy atom. The minimum atomic E-state index is -0.600. The Hall–Kier alpha value is -1.66. The second-order valence-corrected chi connectivity index (χ2v) is 2.72. The summed E-state index contributed by atoms with van der Waals surface area (Å²) < 4.78 is 0. The SMILES string of the molecule is Cc1ncc(C(=O)NN)c(CO)c1O. The molecule has 14 heavy (non-hydrogen) atoms. The van der Waals surface area contributed by atoms with E-state index in [1.807, 2.05) is 5.43 Å². The molecular weight excluding hydrogens is 186 g/mol. The molecule has 5 N–H and O–H groups in total. The van der Waals surface area contributed by atoms with Crippen LogP contribution in [0.1, 0.15) is 21.6 Å². The van der Waals surface area contributed by atoms with E-state index in [1.54, 1.807) is 6.92 Å². The van der Waals surface area contributed by atoms with E-state index in [0.29, 0.717) is 5.69 Å². The first-order chi connectivity index (χ1) is 6.61. The summed E-state index contributed by atoms with van der Waals surface area (Å²) in [6.45, 7) is 1.12. The number of nitrogens with zero attached hydrogens (tertiary/aromatic N) is 1. The Morgan fingerprint density at radius 2 is 2.36 bits per heavy atom. The van der Waals surface area contributed by atoms with Gasteiger partial charge in [0.2, 0.25) is 0 Å². The van der Waals surface area contributed by atoms with E-state index in [9.17, 15) is 9.90 Å². The van der Waals surface area contributed by atoms with Crippen LogP contribution in [0, 0.1) is 6.92 Å². The van der Waals surface area contributed by atoms with Crippen LogP contribution in [-0.2, 0) is 6.61 Å². The molecule has 6 heteroatoms. The average molecular weight is 197 g/mol. The number of hydrazine groups is 1. The lowest BCUT2D eigenvalue weighted by Crippen LogP contribution is -2.31. The number of hydrogen-bond acceptors (Lipinski definition) is 5. The molecule has 6 nitrogen and oxygen atoms in total. The Morgan fingerprint density at radius 1 is 1.71 bits per heavy atom. The lowest BCUT2D eigenvalue weighted by molar-refractivity contribution is 0.0949. The summed E-state index contributed by atoms with van der Waals surface area (Å²) in [6.07, 6.45) is 1.25. The van der Waals surface area contributed by atoms with Crippen molar-refractivity contribution in [3.8, 4) is 5.75 Å². The maximum Gasteiger partial charge on any atom is 0.267 e. The molecule has 1 aromatic rings. The zero-order valence-corrected chi connectivity index (χ0v) is 7.61. The van der Waals surface area contributed by atoms with Gasteiger partial charge in [0.15, 0.2) is 0 Å². The van der Waals surface area contributed by atoms with Gasteiger partial charge >= 0.3 is 0 Å². The van der Waals surface area contributed by atoms with Gasteiger partial charge in [0.05, 0.1) is 17.9 Å². The van der Waals surface area contributed by atoms with Crippen LogP contribution in [0.4, 0.5) is 0 Å². The van der Waals surface area contributed by atoms with Crippen molar-refractivity contribution in [1.82, 2.24) is 10.4 Å². The number of carbonyl (C=O) groups excluding carboxylic acids is 1. The van der Waals surface area contributed by atoms with Gasteiger partial charge in [0.25, 0.3) is 5.91 Å². The highest BCUT2D eigenvalue weighted by atomic mass is 16.3. The van der Waals surface area contributed by atoms with Crippen LogP contribution < -0.4 is 11.3 Å². The molecule has 0 aliphatic heterocycles. The largest absolute Gasteiger partial charge is 0.506 e. The Bertz CT molecular complexity index is 365. The minimum absolute atomic E-state index is 0.0677. The third kappa shape index (κ3) is 1.66. The molecule has 0 spiro atoms. The quantitative estimate of drug-likeness (QED) is 0.282. The molecule has 0 saturated carbocycles. The third-order valence-electron chi connectivity index (χ3n) is 1.87. The molecular formula is C8H11N3O3. The number of carbonyl (C=O) groups is 1. The number of nitrogens with one attached hydrogen (secondary N) is 1. The van der Waals surface area contributed by atoms with Gasteiger partial charge in [-0.05, 0) is 6.92 Å². The number of nitrogen functional groups attached to an aromatic ring is 1. The molecule has 0 aliphatic rings. The van der Waals surface area contributed by atoms with Gasteiger partial charge in [-0.2, -0.15) is 0 Å². The van der Waals surface area contributed by atoms with Crippen molar-refractivity contribution >= 4 is 5.91 Å². The van der Waals surface area contributed by atoms with Crippen molar-refractivity contribution in [3.05, 3.63) is 23.0 Å². The Balaban J connectivity index is 3.31. The molecule has 1 aromatic heterocycles. The number of hydrogen-bond donors (Lipinski definition) is 4. The molecule has 0 saturated heterocycles. The topological polar surface area (TPSA) is 108 Å². The second-order valence-electron chi connectivity index (χ2n) is 2.72. The normalized spacial score (nSPS) is 9.93. The standard InChI is InChI=1S/C8H11N3O3/c1-4-7(13)6(3-12)5(2-10-4)8(14)11-9/h2,12-13H,3,9H2,1H3,(H,11,14). The van der Waals surface area contributed by atoms with Gasteiger partial charge in [-0.25, -0.2) is 5.84 Å². The van der Waals surface area contributed by atoms with E-state index in [0.717, 1.165) is 0 Å². The Labute approximate surface area is 80.4 Å². The van der Waals surface area contributed by atoms with E-state index < -0.39 is 12.5 Å². The van der Waals surface area contributed by atoms with Crippen LogP contribution in [-0.4, -0.2) is 21.1 Å². The predicted molar refractivity (Wildman–Crippen MR) is 48.2 cm³/mol. The number of rotatable bonds is 2. The fourth-order valence-electron chi connectivity index (χ4n) is 1.08. The molecule has 1 rings (SSSR count). The molecule has 0 atom stereocenters. The van der Waals surface area contributed by atoms with Crippen LogP contribution in [0.3, 0.4) is 0 Å². The minimum Gasteiger partial charge on any atom is -0.506 e. The van der Waals surface area contributed by atoms with Gasteiger partial charge in [0.1, 0.15) is 5.75 Å². The molecule has 0 unspecified atom stereocenters. The van der Waals surface area contributed by atoms with E-state index in [-0.39, 0.29) is 16.9 Å². The van der Waals surface area contributed by atoms with Crippen molar-refractivity contribution in [2.75, 3.05) is 0 Å². The highest BCUT2D eigenvalue weighted by molar-refractivity contribution is 5.95. The summed E-state index contributed by atoms with van der Waals surface area (Å²) in [5.74, 6) is 4.14. The number of nitrogens with two attached hydrogens (primary N) is 1. The van der Waals surface area contributed by atoms with Gasteiger partial charge in [-0.1, -0.05) is 0 Å². The molecule has 0 aliphatic carbocycles. The summed E-state index contributed by atoms with van der Waals surface area (Å²) in [5.41, 5.74) is 2.44. The third-order valence-corrected chi connectivity index (χ3v) is 1.87. The predicted octanol–water partition coefficient (Wildman–Crippen LogP) is -0.809. The van der Waals surface area contributed by atoms with Crippen molar-refractivity contribution in [1.29, 1.82) is 0 Å². The number of amides is 1. The summed E-state index contributed by atoms with van der Waals surface area (Å²) in [6, 6.07) is 0. The fraction of sp³-hybridized carbons (Fsp3) is 0.250. The van der Waals surface area contributed by atoms with Gasteiger partial charge in [0, 0.05) is 11.8 Å². The molecule has 76 valence electrons. The van der Waals surface area contributed by atoms with Crippen LogP contribution >= 0.6 is 0 Å². The maximum atomic E-state index is 11.2. The molecule has 0 radical (unpaired) electrons. The Kier molecular flexibility index (Phi) is 3.00. The zero-order valence-electron chi connectivity index (χ0n) is 7.61. The number of aryl methyl sites for hydroxylation is 1. The lowest BCUT2D eigenvalue weighted by atomic mass is 10.1. The first kappa shape index (κ1) is 10.4. The molecule has 0 aromatic carbocycles. The van der Waals surface area contributed by atoms with Crippen molar-refractivity contribution in [2.45, 2.75) is 13.5 Å². The van der Waals surface area contributed by atoms with E-state index >= 15 is 0 Å². The van der Waals surface area contributed by atoms with Crippen LogP contribution in [0.15, 0.2) is 6.20 Å². The van der Waals surface area contributed by atoms with E-state index in [2.05, 4.69) is 4.98 Å². The number of pyridine rings is 1. The van der Waals surface area contributed by atoms with Gasteiger partial charge < -0.3 is 10.2 Å². The summed E-state index contributed by atoms with van der Waals surface area (Å²) >= 11 is 0. The summed E-state index contributed by atoms with van der Waals surface area (Å²) in [5, 5.41) is 18.4.